The van der Waals surface area contributed by atoms with Crippen molar-refractivity contribution in [3.8, 4) is 0 Å². The summed E-state index contributed by atoms with van der Waals surface area (Å²) in [5, 5.41) is 3.18. The highest BCUT2D eigenvalue weighted by Gasteiger charge is 2.38. The Labute approximate surface area is 166 Å². The molecule has 0 spiro atoms. The molecule has 0 atom stereocenters. The fourth-order valence-corrected chi connectivity index (χ4v) is 5.43. The summed E-state index contributed by atoms with van der Waals surface area (Å²) in [6.07, 6.45) is 6.75. The first kappa shape index (κ1) is 20.6. The number of carbonyl (C=O) groups excluding carboxylic acids is 1. The molecule has 8 heteroatoms. The van der Waals surface area contributed by atoms with Crippen molar-refractivity contribution in [2.45, 2.75) is 42.5 Å². The molecule has 1 aliphatic heterocycles. The summed E-state index contributed by atoms with van der Waals surface area (Å²) >= 11 is 5.98. The van der Waals surface area contributed by atoms with E-state index in [0.717, 1.165) is 58.2 Å². The molecule has 3 rings (SSSR count). The van der Waals surface area contributed by atoms with Gasteiger partial charge < -0.3 is 10.1 Å². The molecular weight excluding hydrogens is 388 g/mol. The number of rotatable bonds is 5. The van der Waals surface area contributed by atoms with E-state index in [4.69, 9.17) is 16.3 Å². The van der Waals surface area contributed by atoms with Gasteiger partial charge in [0.05, 0.1) is 23.1 Å². The minimum absolute atomic E-state index is 0.0163. The largest absolute Gasteiger partial charge is 0.379 e. The molecule has 27 heavy (non-hydrogen) atoms. The van der Waals surface area contributed by atoms with Crippen LogP contribution in [-0.2, 0) is 14.6 Å². The number of hydrogen-bond acceptors (Lipinski definition) is 5. The average molecular weight is 415 g/mol. The predicted octanol–water partition coefficient (Wildman–Crippen LogP) is 2.51. The molecule has 0 bridgehead atoms. The lowest BCUT2D eigenvalue weighted by Crippen LogP contribution is -2.59. The van der Waals surface area contributed by atoms with E-state index in [0.29, 0.717) is 12.1 Å². The number of carbonyl (C=O) groups is 1. The maximum Gasteiger partial charge on any atom is 0.251 e. The van der Waals surface area contributed by atoms with Crippen LogP contribution in [0.5, 0.6) is 0 Å². The molecule has 1 heterocycles. The van der Waals surface area contributed by atoms with Crippen LogP contribution in [-0.4, -0.2) is 63.9 Å². The fraction of sp³-hybridized carbons (Fsp3) is 0.632. The third-order valence-electron chi connectivity index (χ3n) is 5.64. The quantitative estimate of drug-likeness (QED) is 0.801. The molecule has 150 valence electrons. The Hall–Kier alpha value is -1.15. The smallest absolute Gasteiger partial charge is 0.251 e. The summed E-state index contributed by atoms with van der Waals surface area (Å²) in [7, 11) is -3.49. The van der Waals surface area contributed by atoms with Gasteiger partial charge in [0.15, 0.2) is 9.84 Å². The molecule has 1 aromatic rings. The molecule has 1 N–H and O–H groups in total. The SMILES string of the molecule is CS(=O)(=O)c1cc(C(=O)NCC2(N3CCOCC3)CCCCC2)ccc1Cl. The molecule has 0 unspecified atom stereocenters. The van der Waals surface area contributed by atoms with Gasteiger partial charge in [0, 0.05) is 37.0 Å². The van der Waals surface area contributed by atoms with E-state index in [1.807, 2.05) is 0 Å². The van der Waals surface area contributed by atoms with Crippen molar-refractivity contribution < 1.29 is 17.9 Å². The van der Waals surface area contributed by atoms with Gasteiger partial charge in [0.25, 0.3) is 5.91 Å². The van der Waals surface area contributed by atoms with Crippen LogP contribution in [0.4, 0.5) is 0 Å². The van der Waals surface area contributed by atoms with Gasteiger partial charge >= 0.3 is 0 Å². The van der Waals surface area contributed by atoms with Crippen molar-refractivity contribution in [3.63, 3.8) is 0 Å². The molecule has 1 aromatic carbocycles. The lowest BCUT2D eigenvalue weighted by Gasteiger charge is -2.48. The monoisotopic (exact) mass is 414 g/mol. The maximum absolute atomic E-state index is 12.7. The summed E-state index contributed by atoms with van der Waals surface area (Å²) in [5.41, 5.74) is 0.275. The van der Waals surface area contributed by atoms with Crippen LogP contribution in [0.3, 0.4) is 0 Å². The highest BCUT2D eigenvalue weighted by atomic mass is 35.5. The summed E-state index contributed by atoms with van der Waals surface area (Å²) in [6, 6.07) is 4.38. The Balaban J connectivity index is 1.74. The van der Waals surface area contributed by atoms with E-state index in [-0.39, 0.29) is 21.4 Å². The van der Waals surface area contributed by atoms with Crippen molar-refractivity contribution in [3.05, 3.63) is 28.8 Å². The standard InChI is InChI=1S/C19H27ClN2O4S/c1-27(24,25)17-13-15(5-6-16(17)20)18(23)21-14-19(7-3-2-4-8-19)22-9-11-26-12-10-22/h5-6,13H,2-4,7-12,14H2,1H3,(H,21,23). The maximum atomic E-state index is 12.7. The minimum Gasteiger partial charge on any atom is -0.379 e. The molecule has 0 radical (unpaired) electrons. The van der Waals surface area contributed by atoms with Crippen LogP contribution in [0.1, 0.15) is 42.5 Å². The van der Waals surface area contributed by atoms with Crippen LogP contribution >= 0.6 is 11.6 Å². The van der Waals surface area contributed by atoms with E-state index >= 15 is 0 Å². The first-order valence-electron chi connectivity index (χ1n) is 9.42. The number of ether oxygens (including phenoxy) is 1. The zero-order valence-corrected chi connectivity index (χ0v) is 17.2. The topological polar surface area (TPSA) is 75.7 Å². The van der Waals surface area contributed by atoms with Gasteiger partial charge in [0.2, 0.25) is 0 Å². The summed E-state index contributed by atoms with van der Waals surface area (Å²) in [5.74, 6) is -0.269. The molecule has 2 aliphatic rings. The van der Waals surface area contributed by atoms with Crippen LogP contribution < -0.4 is 5.32 Å². The Morgan fingerprint density at radius 2 is 1.89 bits per heavy atom. The summed E-state index contributed by atoms with van der Waals surface area (Å²) < 4.78 is 29.2. The van der Waals surface area contributed by atoms with E-state index in [1.54, 1.807) is 6.07 Å². The molecule has 2 fully saturated rings. The Morgan fingerprint density at radius 1 is 1.22 bits per heavy atom. The highest BCUT2D eigenvalue weighted by Crippen LogP contribution is 2.34. The molecular formula is C19H27ClN2O4S. The van der Waals surface area contributed by atoms with Gasteiger partial charge in [-0.1, -0.05) is 30.9 Å². The Morgan fingerprint density at radius 3 is 2.52 bits per heavy atom. The predicted molar refractivity (Wildman–Crippen MR) is 105 cm³/mol. The van der Waals surface area contributed by atoms with Crippen molar-refractivity contribution in [2.24, 2.45) is 0 Å². The van der Waals surface area contributed by atoms with Gasteiger partial charge in [-0.3, -0.25) is 9.69 Å². The van der Waals surface area contributed by atoms with E-state index in [1.165, 1.54) is 18.6 Å². The Kier molecular flexibility index (Phi) is 6.46. The van der Waals surface area contributed by atoms with Crippen LogP contribution in [0.2, 0.25) is 5.02 Å². The van der Waals surface area contributed by atoms with Crippen LogP contribution in [0.15, 0.2) is 23.1 Å². The molecule has 0 aromatic heterocycles. The summed E-state index contributed by atoms with van der Waals surface area (Å²) in [6.45, 7) is 3.78. The number of morpholine rings is 1. The normalized spacial score (nSPS) is 21.0. The first-order valence-corrected chi connectivity index (χ1v) is 11.7. The number of nitrogens with one attached hydrogen (secondary N) is 1. The second kappa shape index (κ2) is 8.47. The van der Waals surface area contributed by atoms with E-state index in [9.17, 15) is 13.2 Å². The number of nitrogens with zero attached hydrogens (tertiary/aromatic N) is 1. The zero-order chi connectivity index (χ0) is 19.5. The van der Waals surface area contributed by atoms with Crippen LogP contribution in [0.25, 0.3) is 0 Å². The average Bonchev–Trinajstić information content (AvgIpc) is 2.67. The van der Waals surface area contributed by atoms with Gasteiger partial charge in [0.1, 0.15) is 0 Å². The third-order valence-corrected chi connectivity index (χ3v) is 7.22. The molecule has 1 amide bonds. The first-order chi connectivity index (χ1) is 12.8. The molecule has 1 saturated carbocycles. The van der Waals surface area contributed by atoms with Crippen LogP contribution in [0, 0.1) is 0 Å². The second-order valence-electron chi connectivity index (χ2n) is 7.48. The van der Waals surface area contributed by atoms with Crippen molar-refractivity contribution in [2.75, 3.05) is 39.1 Å². The number of benzene rings is 1. The molecule has 6 nitrogen and oxygen atoms in total. The highest BCUT2D eigenvalue weighted by molar-refractivity contribution is 7.90. The van der Waals surface area contributed by atoms with E-state index in [2.05, 4.69) is 10.2 Å². The number of halogens is 1. The van der Waals surface area contributed by atoms with Gasteiger partial charge in [-0.2, -0.15) is 0 Å². The van der Waals surface area contributed by atoms with Crippen molar-refractivity contribution in [1.29, 1.82) is 0 Å². The van der Waals surface area contributed by atoms with Crippen molar-refractivity contribution >= 4 is 27.3 Å². The summed E-state index contributed by atoms with van der Waals surface area (Å²) in [4.78, 5) is 15.2. The van der Waals surface area contributed by atoms with Crippen molar-refractivity contribution in [1.82, 2.24) is 10.2 Å². The fourth-order valence-electron chi connectivity index (χ4n) is 4.13. The van der Waals surface area contributed by atoms with Gasteiger partial charge in [-0.15, -0.1) is 0 Å². The minimum atomic E-state index is -3.49. The molecule has 1 saturated heterocycles. The van der Waals surface area contributed by atoms with Gasteiger partial charge in [-0.25, -0.2) is 8.42 Å². The third kappa shape index (κ3) is 4.83. The zero-order valence-electron chi connectivity index (χ0n) is 15.7. The Bertz CT molecular complexity index is 785. The van der Waals surface area contributed by atoms with Gasteiger partial charge in [-0.05, 0) is 31.0 Å². The molecule has 1 aliphatic carbocycles. The second-order valence-corrected chi connectivity index (χ2v) is 9.88. The number of hydrogen-bond donors (Lipinski definition) is 1. The lowest BCUT2D eigenvalue weighted by atomic mass is 9.79. The number of amides is 1. The van der Waals surface area contributed by atoms with E-state index < -0.39 is 9.84 Å². The lowest BCUT2D eigenvalue weighted by molar-refractivity contribution is -0.0361. The number of sulfone groups is 1.